The van der Waals surface area contributed by atoms with Gasteiger partial charge in [0.15, 0.2) is 0 Å². The van der Waals surface area contributed by atoms with Gasteiger partial charge >= 0.3 is 0 Å². The summed E-state index contributed by atoms with van der Waals surface area (Å²) in [4.78, 5) is 6.81. The summed E-state index contributed by atoms with van der Waals surface area (Å²) >= 11 is 0. The molecular weight excluding hydrogens is 234 g/mol. The highest BCUT2D eigenvalue weighted by Gasteiger charge is 2.27. The number of rotatable bonds is 5. The largest absolute Gasteiger partial charge is 0.369 e. The molecule has 0 radical (unpaired) electrons. The number of pyridine rings is 1. The zero-order valence-corrected chi connectivity index (χ0v) is 12.7. The van der Waals surface area contributed by atoms with Gasteiger partial charge < -0.3 is 10.2 Å². The lowest BCUT2D eigenvalue weighted by molar-refractivity contribution is 0.494. The van der Waals surface area contributed by atoms with E-state index in [1.807, 2.05) is 12.4 Å². The molecule has 0 amide bonds. The number of anilines is 1. The normalized spacial score (nSPS) is 23.3. The van der Waals surface area contributed by atoms with Crippen LogP contribution in [0, 0.1) is 17.8 Å². The first-order valence-corrected chi connectivity index (χ1v) is 7.46. The van der Waals surface area contributed by atoms with Crippen LogP contribution in [0.15, 0.2) is 18.5 Å². The Labute approximate surface area is 117 Å². The van der Waals surface area contributed by atoms with Gasteiger partial charge in [0, 0.05) is 25.8 Å². The van der Waals surface area contributed by atoms with Crippen LogP contribution >= 0.6 is 0 Å². The lowest BCUT2D eigenvalue weighted by Gasteiger charge is -2.22. The molecule has 0 spiro atoms. The topological polar surface area (TPSA) is 28.2 Å². The van der Waals surface area contributed by atoms with E-state index in [1.165, 1.54) is 11.3 Å². The molecule has 0 aromatic carbocycles. The second-order valence-corrected chi connectivity index (χ2v) is 6.39. The fourth-order valence-electron chi connectivity index (χ4n) is 2.67. The summed E-state index contributed by atoms with van der Waals surface area (Å²) in [6.07, 6.45) is 3.93. The first-order valence-electron chi connectivity index (χ1n) is 7.46. The van der Waals surface area contributed by atoms with Crippen LogP contribution in [0.4, 0.5) is 5.69 Å². The number of hydrogen-bond acceptors (Lipinski definition) is 3. The standard InChI is InChI=1S/C16H27N3/c1-12(2)7-18-8-15-5-6-17-9-16(15)19-10-13(3)14(4)11-19/h5-6,9,12-14,18H,7-8,10-11H2,1-4H3. The molecule has 1 aromatic heterocycles. The van der Waals surface area contributed by atoms with E-state index in [-0.39, 0.29) is 0 Å². The second-order valence-electron chi connectivity index (χ2n) is 6.39. The Morgan fingerprint density at radius 1 is 1.32 bits per heavy atom. The third-order valence-electron chi connectivity index (χ3n) is 4.08. The van der Waals surface area contributed by atoms with E-state index in [0.29, 0.717) is 5.92 Å². The molecule has 1 aromatic rings. The fourth-order valence-corrected chi connectivity index (χ4v) is 2.67. The molecule has 3 nitrogen and oxygen atoms in total. The van der Waals surface area contributed by atoms with Crippen LogP contribution in [0.1, 0.15) is 33.3 Å². The molecule has 3 heteroatoms. The summed E-state index contributed by atoms with van der Waals surface area (Å²) in [5.41, 5.74) is 2.69. The van der Waals surface area contributed by atoms with Crippen molar-refractivity contribution in [2.45, 2.75) is 34.2 Å². The van der Waals surface area contributed by atoms with Gasteiger partial charge in [-0.3, -0.25) is 4.98 Å². The van der Waals surface area contributed by atoms with Crippen LogP contribution in [-0.2, 0) is 6.54 Å². The molecule has 1 fully saturated rings. The van der Waals surface area contributed by atoms with Gasteiger partial charge in [0.2, 0.25) is 0 Å². The van der Waals surface area contributed by atoms with E-state index in [2.05, 4.69) is 49.0 Å². The smallest absolute Gasteiger partial charge is 0.0598 e. The van der Waals surface area contributed by atoms with E-state index >= 15 is 0 Å². The molecule has 1 aliphatic heterocycles. The summed E-state index contributed by atoms with van der Waals surface area (Å²) in [6.45, 7) is 13.5. The molecule has 1 saturated heterocycles. The number of hydrogen-bond donors (Lipinski definition) is 1. The minimum atomic E-state index is 0.692. The average molecular weight is 261 g/mol. The molecule has 2 unspecified atom stereocenters. The van der Waals surface area contributed by atoms with Gasteiger partial charge in [0.1, 0.15) is 0 Å². The predicted octanol–water partition coefficient (Wildman–Crippen LogP) is 2.92. The van der Waals surface area contributed by atoms with Gasteiger partial charge in [-0.2, -0.15) is 0 Å². The quantitative estimate of drug-likeness (QED) is 0.883. The maximum atomic E-state index is 4.31. The number of nitrogens with one attached hydrogen (secondary N) is 1. The van der Waals surface area contributed by atoms with Crippen LogP contribution in [-0.4, -0.2) is 24.6 Å². The maximum absolute atomic E-state index is 4.31. The Bertz CT molecular complexity index is 393. The molecule has 106 valence electrons. The zero-order chi connectivity index (χ0) is 13.8. The number of aromatic nitrogens is 1. The van der Waals surface area contributed by atoms with Crippen LogP contribution < -0.4 is 10.2 Å². The van der Waals surface area contributed by atoms with Crippen molar-refractivity contribution in [3.63, 3.8) is 0 Å². The molecule has 0 aliphatic carbocycles. The van der Waals surface area contributed by atoms with Gasteiger partial charge in [-0.15, -0.1) is 0 Å². The van der Waals surface area contributed by atoms with E-state index < -0.39 is 0 Å². The highest BCUT2D eigenvalue weighted by molar-refractivity contribution is 5.52. The molecule has 2 atom stereocenters. The molecule has 19 heavy (non-hydrogen) atoms. The summed E-state index contributed by atoms with van der Waals surface area (Å²) in [6, 6.07) is 2.15. The molecule has 1 N–H and O–H groups in total. The minimum absolute atomic E-state index is 0.692. The van der Waals surface area contributed by atoms with Gasteiger partial charge in [-0.1, -0.05) is 27.7 Å². The Kier molecular flexibility index (Phi) is 4.81. The van der Waals surface area contributed by atoms with Crippen molar-refractivity contribution < 1.29 is 0 Å². The molecule has 0 saturated carbocycles. The summed E-state index contributed by atoms with van der Waals surface area (Å²) in [5, 5.41) is 3.53. The van der Waals surface area contributed by atoms with Crippen LogP contribution in [0.25, 0.3) is 0 Å². The monoisotopic (exact) mass is 261 g/mol. The van der Waals surface area contributed by atoms with Gasteiger partial charge in [-0.05, 0) is 35.9 Å². The van der Waals surface area contributed by atoms with Crippen LogP contribution in [0.5, 0.6) is 0 Å². The van der Waals surface area contributed by atoms with Crippen molar-refractivity contribution >= 4 is 5.69 Å². The average Bonchev–Trinajstić information content (AvgIpc) is 2.70. The predicted molar refractivity (Wildman–Crippen MR) is 81.3 cm³/mol. The van der Waals surface area contributed by atoms with E-state index in [4.69, 9.17) is 0 Å². The SMILES string of the molecule is CC(C)CNCc1ccncc1N1CC(C)C(C)C1. The Hall–Kier alpha value is -1.09. The van der Waals surface area contributed by atoms with Crippen molar-refractivity contribution in [2.24, 2.45) is 17.8 Å². The second kappa shape index (κ2) is 6.38. The Morgan fingerprint density at radius 2 is 2.00 bits per heavy atom. The van der Waals surface area contributed by atoms with E-state index in [0.717, 1.165) is 38.0 Å². The Balaban J connectivity index is 2.04. The number of nitrogens with zero attached hydrogens (tertiary/aromatic N) is 2. The van der Waals surface area contributed by atoms with E-state index in [1.54, 1.807) is 0 Å². The maximum Gasteiger partial charge on any atom is 0.0598 e. The third-order valence-corrected chi connectivity index (χ3v) is 4.08. The third kappa shape index (κ3) is 3.69. The van der Waals surface area contributed by atoms with Crippen LogP contribution in [0.2, 0.25) is 0 Å². The zero-order valence-electron chi connectivity index (χ0n) is 12.7. The van der Waals surface area contributed by atoms with Gasteiger partial charge in [0.25, 0.3) is 0 Å². The highest BCUT2D eigenvalue weighted by atomic mass is 15.2. The first-order chi connectivity index (χ1) is 9.08. The van der Waals surface area contributed by atoms with Gasteiger partial charge in [0.05, 0.1) is 11.9 Å². The Morgan fingerprint density at radius 3 is 2.63 bits per heavy atom. The van der Waals surface area contributed by atoms with Crippen molar-refractivity contribution in [3.05, 3.63) is 24.0 Å². The lowest BCUT2D eigenvalue weighted by atomic mass is 10.0. The first kappa shape index (κ1) is 14.3. The summed E-state index contributed by atoms with van der Waals surface area (Å²) < 4.78 is 0. The summed E-state index contributed by atoms with van der Waals surface area (Å²) in [5.74, 6) is 2.24. The van der Waals surface area contributed by atoms with Crippen molar-refractivity contribution in [2.75, 3.05) is 24.5 Å². The van der Waals surface area contributed by atoms with Crippen molar-refractivity contribution in [3.8, 4) is 0 Å². The molecular formula is C16H27N3. The van der Waals surface area contributed by atoms with Crippen molar-refractivity contribution in [1.82, 2.24) is 10.3 Å². The molecule has 1 aliphatic rings. The summed E-state index contributed by atoms with van der Waals surface area (Å²) in [7, 11) is 0. The molecule has 2 heterocycles. The van der Waals surface area contributed by atoms with Crippen LogP contribution in [0.3, 0.4) is 0 Å². The molecule has 0 bridgehead atoms. The van der Waals surface area contributed by atoms with E-state index in [9.17, 15) is 0 Å². The fraction of sp³-hybridized carbons (Fsp3) is 0.688. The molecule has 2 rings (SSSR count). The minimum Gasteiger partial charge on any atom is -0.369 e. The van der Waals surface area contributed by atoms with Crippen molar-refractivity contribution in [1.29, 1.82) is 0 Å². The van der Waals surface area contributed by atoms with Gasteiger partial charge in [-0.25, -0.2) is 0 Å². The lowest BCUT2D eigenvalue weighted by Crippen LogP contribution is -2.24. The highest BCUT2D eigenvalue weighted by Crippen LogP contribution is 2.29.